The average Bonchev–Trinajstić information content (AvgIpc) is 3.24. The van der Waals surface area contributed by atoms with E-state index in [1.54, 1.807) is 6.08 Å². The topological polar surface area (TPSA) is 66.4 Å². The van der Waals surface area contributed by atoms with Crippen LogP contribution in [0.1, 0.15) is 34.6 Å². The summed E-state index contributed by atoms with van der Waals surface area (Å²) >= 11 is 0. The molecule has 6 rings (SSSR count). The van der Waals surface area contributed by atoms with Crippen LogP contribution in [0.2, 0.25) is 0 Å². The summed E-state index contributed by atoms with van der Waals surface area (Å²) in [5.41, 5.74) is 2.75. The number of fused-ring (bicyclic) bond motifs is 4. The van der Waals surface area contributed by atoms with Crippen LogP contribution in [0.5, 0.6) is 0 Å². The minimum absolute atomic E-state index is 0.0984. The zero-order valence-electron chi connectivity index (χ0n) is 19.1. The second kappa shape index (κ2) is 7.35. The van der Waals surface area contributed by atoms with Gasteiger partial charge < -0.3 is 9.80 Å². The number of carbonyl (C=O) groups is 2. The molecule has 0 saturated carbocycles. The molecular weight excluding hydrogens is 424 g/mol. The summed E-state index contributed by atoms with van der Waals surface area (Å²) in [5, 5.41) is 1.89. The number of Topliss-reactive ketones (excluding diaryl/α,β-unsaturated/α-hetero) is 2. The Bertz CT molecular complexity index is 1540. The number of ketones is 2. The molecule has 0 bridgehead atoms. The Kier molecular flexibility index (Phi) is 4.39. The molecule has 0 radical (unpaired) electrons. The van der Waals surface area contributed by atoms with Crippen LogP contribution in [0.4, 0.5) is 11.6 Å². The van der Waals surface area contributed by atoms with Crippen molar-refractivity contribution < 1.29 is 9.59 Å². The maximum absolute atomic E-state index is 13.2. The van der Waals surface area contributed by atoms with Gasteiger partial charge in [-0.05, 0) is 61.0 Å². The van der Waals surface area contributed by atoms with Gasteiger partial charge in [0.2, 0.25) is 0 Å². The molecule has 3 aromatic carbocycles. The Morgan fingerprint density at radius 2 is 1.29 bits per heavy atom. The number of aromatic nitrogens is 2. The molecule has 4 aromatic rings. The van der Waals surface area contributed by atoms with Crippen LogP contribution in [-0.2, 0) is 0 Å². The minimum Gasteiger partial charge on any atom is -0.312 e. The largest absolute Gasteiger partial charge is 0.312 e. The first-order chi connectivity index (χ1) is 16.4. The van der Waals surface area contributed by atoms with Gasteiger partial charge in [0, 0.05) is 24.2 Å². The highest BCUT2D eigenvalue weighted by Crippen LogP contribution is 2.40. The van der Waals surface area contributed by atoms with Crippen molar-refractivity contribution in [2.75, 3.05) is 16.8 Å². The lowest BCUT2D eigenvalue weighted by atomic mass is 10.0. The first-order valence-corrected chi connectivity index (χ1v) is 11.3. The van der Waals surface area contributed by atoms with E-state index in [1.807, 2.05) is 78.7 Å². The van der Waals surface area contributed by atoms with E-state index in [0.29, 0.717) is 11.1 Å². The molecule has 0 saturated heterocycles. The summed E-state index contributed by atoms with van der Waals surface area (Å²) in [6.45, 7) is 4.15. The molecule has 166 valence electrons. The maximum atomic E-state index is 13.2. The van der Waals surface area contributed by atoms with Crippen molar-refractivity contribution in [1.29, 1.82) is 0 Å². The fraction of sp³-hybridized carbons (Fsp3) is 0.143. The summed E-state index contributed by atoms with van der Waals surface area (Å²) < 4.78 is 0. The van der Waals surface area contributed by atoms with Gasteiger partial charge in [-0.15, -0.1) is 0 Å². The average molecular weight is 447 g/mol. The van der Waals surface area contributed by atoms with Crippen molar-refractivity contribution in [2.45, 2.75) is 19.9 Å². The Morgan fingerprint density at radius 3 is 1.85 bits per heavy atom. The predicted octanol–water partition coefficient (Wildman–Crippen LogP) is 5.29. The van der Waals surface area contributed by atoms with E-state index >= 15 is 0 Å². The van der Waals surface area contributed by atoms with E-state index in [1.165, 1.54) is 0 Å². The lowest BCUT2D eigenvalue weighted by molar-refractivity contribution is 0.0989. The Balaban J connectivity index is 1.44. The molecule has 0 N–H and O–H groups in total. The number of nitrogens with zero attached hydrogens (tertiary/aromatic N) is 4. The summed E-state index contributed by atoms with van der Waals surface area (Å²) in [4.78, 5) is 40.0. The van der Waals surface area contributed by atoms with Crippen molar-refractivity contribution in [2.24, 2.45) is 0 Å². The molecule has 2 heterocycles. The standard InChI is InChI=1S/C28H22N4O2/c1-16(2)32-24(31(3)27-28(32)30-23-11-7-6-10-22(23)29-27)13-12-19-25(33)20-14-17-8-4-5-9-18(17)15-21(20)26(19)34/h4-16H,1-3H3/b24-13+. The smallest absolute Gasteiger partial charge is 0.197 e. The van der Waals surface area contributed by atoms with Gasteiger partial charge in [-0.1, -0.05) is 36.4 Å². The van der Waals surface area contributed by atoms with Crippen LogP contribution >= 0.6 is 0 Å². The Hall–Kier alpha value is -4.32. The van der Waals surface area contributed by atoms with Gasteiger partial charge in [0.15, 0.2) is 23.2 Å². The third-order valence-electron chi connectivity index (χ3n) is 6.45. The molecule has 1 aliphatic heterocycles. The first kappa shape index (κ1) is 20.3. The molecule has 6 heteroatoms. The molecule has 0 fully saturated rings. The lowest BCUT2D eigenvalue weighted by Crippen LogP contribution is -2.32. The quantitative estimate of drug-likeness (QED) is 0.308. The molecule has 0 atom stereocenters. The van der Waals surface area contributed by atoms with Gasteiger partial charge in [-0.25, -0.2) is 9.97 Å². The van der Waals surface area contributed by atoms with Crippen LogP contribution in [-0.4, -0.2) is 34.6 Å². The minimum atomic E-state index is -0.237. The fourth-order valence-corrected chi connectivity index (χ4v) is 4.77. The van der Waals surface area contributed by atoms with Crippen LogP contribution in [0.25, 0.3) is 21.8 Å². The molecule has 0 spiro atoms. The SMILES string of the molecule is CC(C)N1/C(=C/C=C2C(=O)c3cc4ccccc4cc3C2=O)N(C)c2nc3ccccc3nc21. The third-order valence-corrected chi connectivity index (χ3v) is 6.45. The Labute approximate surface area is 196 Å². The van der Waals surface area contributed by atoms with E-state index in [4.69, 9.17) is 9.97 Å². The molecule has 1 aromatic heterocycles. The summed E-state index contributed by atoms with van der Waals surface area (Å²) in [7, 11) is 1.93. The highest BCUT2D eigenvalue weighted by Gasteiger charge is 2.36. The van der Waals surface area contributed by atoms with Gasteiger partial charge in [-0.3, -0.25) is 9.59 Å². The van der Waals surface area contributed by atoms with Gasteiger partial charge in [0.25, 0.3) is 0 Å². The molecule has 1 aliphatic carbocycles. The van der Waals surface area contributed by atoms with E-state index in [0.717, 1.165) is 39.3 Å². The zero-order valence-corrected chi connectivity index (χ0v) is 19.1. The number of anilines is 2. The maximum Gasteiger partial charge on any atom is 0.197 e. The summed E-state index contributed by atoms with van der Waals surface area (Å²) in [6, 6.07) is 19.3. The number of para-hydroxylation sites is 2. The van der Waals surface area contributed by atoms with E-state index in [2.05, 4.69) is 18.7 Å². The normalized spacial score (nSPS) is 16.4. The summed E-state index contributed by atoms with van der Waals surface area (Å²) in [6.07, 6.45) is 3.47. The van der Waals surface area contributed by atoms with Gasteiger partial charge >= 0.3 is 0 Å². The molecular formula is C28H22N4O2. The molecule has 0 unspecified atom stereocenters. The lowest BCUT2D eigenvalue weighted by Gasteiger charge is -2.25. The second-order valence-corrected chi connectivity index (χ2v) is 8.89. The van der Waals surface area contributed by atoms with E-state index in [-0.39, 0.29) is 23.2 Å². The third kappa shape index (κ3) is 2.88. The first-order valence-electron chi connectivity index (χ1n) is 11.3. The van der Waals surface area contributed by atoms with Crippen molar-refractivity contribution in [3.63, 3.8) is 0 Å². The zero-order chi connectivity index (χ0) is 23.6. The van der Waals surface area contributed by atoms with Gasteiger partial charge in [0.05, 0.1) is 16.6 Å². The van der Waals surface area contributed by atoms with Crippen molar-refractivity contribution in [1.82, 2.24) is 9.97 Å². The highest BCUT2D eigenvalue weighted by molar-refractivity contribution is 6.40. The van der Waals surface area contributed by atoms with Crippen molar-refractivity contribution in [3.8, 4) is 0 Å². The van der Waals surface area contributed by atoms with Gasteiger partial charge in [-0.2, -0.15) is 0 Å². The van der Waals surface area contributed by atoms with Crippen molar-refractivity contribution in [3.05, 3.63) is 95.3 Å². The molecule has 0 amide bonds. The van der Waals surface area contributed by atoms with Crippen LogP contribution in [0.3, 0.4) is 0 Å². The molecule has 6 nitrogen and oxygen atoms in total. The Morgan fingerprint density at radius 1 is 0.765 bits per heavy atom. The van der Waals surface area contributed by atoms with E-state index in [9.17, 15) is 9.59 Å². The number of allylic oxidation sites excluding steroid dienone is 3. The molecule has 34 heavy (non-hydrogen) atoms. The van der Waals surface area contributed by atoms with Crippen LogP contribution in [0, 0.1) is 0 Å². The molecule has 2 aliphatic rings. The van der Waals surface area contributed by atoms with Gasteiger partial charge in [0.1, 0.15) is 5.82 Å². The monoisotopic (exact) mass is 446 g/mol. The fourth-order valence-electron chi connectivity index (χ4n) is 4.77. The summed E-state index contributed by atoms with van der Waals surface area (Å²) in [5.74, 6) is 1.85. The number of rotatable bonds is 2. The van der Waals surface area contributed by atoms with Crippen LogP contribution in [0.15, 0.2) is 84.2 Å². The number of hydrogen-bond donors (Lipinski definition) is 0. The number of benzene rings is 3. The van der Waals surface area contributed by atoms with Crippen LogP contribution < -0.4 is 9.80 Å². The highest BCUT2D eigenvalue weighted by atomic mass is 16.2. The predicted molar refractivity (Wildman–Crippen MR) is 134 cm³/mol. The van der Waals surface area contributed by atoms with Crippen molar-refractivity contribution >= 4 is 45.0 Å². The second-order valence-electron chi connectivity index (χ2n) is 8.89. The number of hydrogen-bond acceptors (Lipinski definition) is 6. The van der Waals surface area contributed by atoms with E-state index < -0.39 is 0 Å². The number of carbonyl (C=O) groups excluding carboxylic acids is 2.